The third-order valence-corrected chi connectivity index (χ3v) is 4.13. The number of hydrogen-bond acceptors (Lipinski definition) is 7. The van der Waals surface area contributed by atoms with E-state index in [0.29, 0.717) is 22.4 Å². The second-order valence-electron chi connectivity index (χ2n) is 5.56. The number of fused-ring (bicyclic) bond motifs is 1. The van der Waals surface area contributed by atoms with Gasteiger partial charge in [0.1, 0.15) is 5.75 Å². The number of esters is 1. The van der Waals surface area contributed by atoms with E-state index >= 15 is 0 Å². The predicted molar refractivity (Wildman–Crippen MR) is 97.1 cm³/mol. The summed E-state index contributed by atoms with van der Waals surface area (Å²) in [6, 6.07) is 9.61. The molecule has 3 rings (SSSR count). The molecule has 0 spiro atoms. The SMILES string of the molecule is COC(=O)c1cc(OC)c(OC)c2oc(C(=O)c3ccc(OC)cc3)cc12. The van der Waals surface area contributed by atoms with Crippen LogP contribution in [0.5, 0.6) is 17.2 Å². The Morgan fingerprint density at radius 2 is 1.59 bits per heavy atom. The molecular weight excluding hydrogens is 352 g/mol. The summed E-state index contributed by atoms with van der Waals surface area (Å²) in [6.07, 6.45) is 0. The standard InChI is InChI=1S/C20H18O7/c1-23-12-7-5-11(6-8-12)17(21)15-9-13-14(20(22)26-4)10-16(24-2)19(25-3)18(13)27-15/h5-10H,1-4H3. The number of rotatable bonds is 6. The van der Waals surface area contributed by atoms with Crippen molar-refractivity contribution >= 4 is 22.7 Å². The fraction of sp³-hybridized carbons (Fsp3) is 0.200. The molecule has 140 valence electrons. The van der Waals surface area contributed by atoms with Gasteiger partial charge in [-0.3, -0.25) is 4.79 Å². The van der Waals surface area contributed by atoms with Crippen LogP contribution in [0.1, 0.15) is 26.5 Å². The van der Waals surface area contributed by atoms with Crippen LogP contribution in [0.3, 0.4) is 0 Å². The quantitative estimate of drug-likeness (QED) is 0.485. The van der Waals surface area contributed by atoms with E-state index in [2.05, 4.69) is 0 Å². The zero-order valence-corrected chi connectivity index (χ0v) is 15.3. The van der Waals surface area contributed by atoms with Gasteiger partial charge in [-0.25, -0.2) is 4.79 Å². The number of furan rings is 1. The molecule has 7 heteroatoms. The third-order valence-electron chi connectivity index (χ3n) is 4.13. The van der Waals surface area contributed by atoms with E-state index in [1.165, 1.54) is 33.5 Å². The van der Waals surface area contributed by atoms with E-state index in [1.807, 2.05) is 0 Å². The predicted octanol–water partition coefficient (Wildman–Crippen LogP) is 3.48. The summed E-state index contributed by atoms with van der Waals surface area (Å²) in [5.74, 6) is 0.357. The molecule has 0 atom stereocenters. The highest BCUT2D eigenvalue weighted by atomic mass is 16.5. The van der Waals surface area contributed by atoms with Gasteiger partial charge in [0.05, 0.1) is 34.0 Å². The third kappa shape index (κ3) is 3.19. The van der Waals surface area contributed by atoms with Crippen LogP contribution in [0.2, 0.25) is 0 Å². The maximum absolute atomic E-state index is 12.8. The molecular formula is C20H18O7. The van der Waals surface area contributed by atoms with Crippen molar-refractivity contribution in [3.63, 3.8) is 0 Å². The summed E-state index contributed by atoms with van der Waals surface area (Å²) in [5.41, 5.74) is 0.859. The van der Waals surface area contributed by atoms with Crippen LogP contribution < -0.4 is 14.2 Å². The van der Waals surface area contributed by atoms with Gasteiger partial charge in [0.25, 0.3) is 0 Å². The lowest BCUT2D eigenvalue weighted by Crippen LogP contribution is -2.03. The van der Waals surface area contributed by atoms with Crippen LogP contribution in [-0.4, -0.2) is 40.2 Å². The van der Waals surface area contributed by atoms with Crippen molar-refractivity contribution in [1.29, 1.82) is 0 Å². The van der Waals surface area contributed by atoms with Crippen LogP contribution in [0, 0.1) is 0 Å². The minimum Gasteiger partial charge on any atom is -0.497 e. The van der Waals surface area contributed by atoms with Crippen molar-refractivity contribution in [1.82, 2.24) is 0 Å². The molecule has 2 aromatic carbocycles. The van der Waals surface area contributed by atoms with Gasteiger partial charge in [0.2, 0.25) is 11.5 Å². The average Bonchev–Trinajstić information content (AvgIpc) is 3.16. The highest BCUT2D eigenvalue weighted by molar-refractivity contribution is 6.12. The van der Waals surface area contributed by atoms with E-state index in [-0.39, 0.29) is 28.4 Å². The van der Waals surface area contributed by atoms with Gasteiger partial charge < -0.3 is 23.4 Å². The molecule has 0 aliphatic carbocycles. The van der Waals surface area contributed by atoms with Crippen LogP contribution in [0.25, 0.3) is 11.0 Å². The van der Waals surface area contributed by atoms with Gasteiger partial charge in [-0.2, -0.15) is 0 Å². The molecule has 0 fully saturated rings. The van der Waals surface area contributed by atoms with Crippen molar-refractivity contribution in [2.45, 2.75) is 0 Å². The molecule has 0 aliphatic heterocycles. The Hall–Kier alpha value is -3.48. The van der Waals surface area contributed by atoms with Crippen LogP contribution in [-0.2, 0) is 4.74 Å². The number of hydrogen-bond donors (Lipinski definition) is 0. The number of carbonyl (C=O) groups excluding carboxylic acids is 2. The first-order valence-corrected chi connectivity index (χ1v) is 7.99. The largest absolute Gasteiger partial charge is 0.497 e. The maximum Gasteiger partial charge on any atom is 0.338 e. The number of carbonyl (C=O) groups is 2. The summed E-state index contributed by atoms with van der Waals surface area (Å²) < 4.78 is 26.3. The van der Waals surface area contributed by atoms with Gasteiger partial charge in [0.15, 0.2) is 17.1 Å². The van der Waals surface area contributed by atoms with E-state index in [1.54, 1.807) is 31.4 Å². The molecule has 0 radical (unpaired) electrons. The number of methoxy groups -OCH3 is 4. The Labute approximate surface area is 155 Å². The van der Waals surface area contributed by atoms with Crippen molar-refractivity contribution in [2.75, 3.05) is 28.4 Å². The number of ether oxygens (including phenoxy) is 4. The minimum atomic E-state index is -0.579. The monoisotopic (exact) mass is 370 g/mol. The molecule has 0 bridgehead atoms. The van der Waals surface area contributed by atoms with Crippen molar-refractivity contribution < 1.29 is 33.0 Å². The Morgan fingerprint density at radius 3 is 2.15 bits per heavy atom. The van der Waals surface area contributed by atoms with Crippen molar-refractivity contribution in [3.8, 4) is 17.2 Å². The molecule has 27 heavy (non-hydrogen) atoms. The molecule has 1 heterocycles. The highest BCUT2D eigenvalue weighted by Gasteiger charge is 2.25. The average molecular weight is 370 g/mol. The molecule has 0 aliphatic rings. The smallest absolute Gasteiger partial charge is 0.338 e. The first-order valence-electron chi connectivity index (χ1n) is 7.99. The lowest BCUT2D eigenvalue weighted by Gasteiger charge is -2.10. The molecule has 0 unspecified atom stereocenters. The summed E-state index contributed by atoms with van der Waals surface area (Å²) in [4.78, 5) is 25.0. The summed E-state index contributed by atoms with van der Waals surface area (Å²) in [5, 5.41) is 0.399. The van der Waals surface area contributed by atoms with E-state index in [0.717, 1.165) is 0 Å². The van der Waals surface area contributed by atoms with Gasteiger partial charge in [-0.1, -0.05) is 0 Å². The Kier molecular flexibility index (Phi) is 5.03. The lowest BCUT2D eigenvalue weighted by molar-refractivity contribution is 0.0602. The van der Waals surface area contributed by atoms with Gasteiger partial charge in [-0.05, 0) is 36.4 Å². The number of benzene rings is 2. The Morgan fingerprint density at radius 1 is 0.889 bits per heavy atom. The molecule has 1 aromatic heterocycles. The van der Waals surface area contributed by atoms with Gasteiger partial charge >= 0.3 is 5.97 Å². The normalized spacial score (nSPS) is 10.5. The van der Waals surface area contributed by atoms with Crippen molar-refractivity contribution in [3.05, 3.63) is 53.3 Å². The van der Waals surface area contributed by atoms with Crippen LogP contribution in [0.15, 0.2) is 40.8 Å². The first kappa shape index (κ1) is 18.3. The van der Waals surface area contributed by atoms with E-state index < -0.39 is 5.97 Å². The maximum atomic E-state index is 12.8. The van der Waals surface area contributed by atoms with E-state index in [9.17, 15) is 9.59 Å². The van der Waals surface area contributed by atoms with Crippen LogP contribution >= 0.6 is 0 Å². The Bertz CT molecular complexity index is 999. The first-order chi connectivity index (χ1) is 13.0. The van der Waals surface area contributed by atoms with Gasteiger partial charge in [-0.15, -0.1) is 0 Å². The number of ketones is 1. The van der Waals surface area contributed by atoms with E-state index in [4.69, 9.17) is 23.4 Å². The second-order valence-corrected chi connectivity index (χ2v) is 5.56. The minimum absolute atomic E-state index is 0.0619. The topological polar surface area (TPSA) is 84.2 Å². The molecule has 0 N–H and O–H groups in total. The molecule has 3 aromatic rings. The molecule has 0 saturated carbocycles. The zero-order valence-electron chi connectivity index (χ0n) is 15.3. The molecule has 0 saturated heterocycles. The summed E-state index contributed by atoms with van der Waals surface area (Å²) >= 11 is 0. The summed E-state index contributed by atoms with van der Waals surface area (Å²) in [7, 11) is 5.71. The fourth-order valence-corrected chi connectivity index (χ4v) is 2.77. The van der Waals surface area contributed by atoms with Crippen LogP contribution in [0.4, 0.5) is 0 Å². The highest BCUT2D eigenvalue weighted by Crippen LogP contribution is 2.40. The van der Waals surface area contributed by atoms with Gasteiger partial charge in [0, 0.05) is 10.9 Å². The summed E-state index contributed by atoms with van der Waals surface area (Å²) in [6.45, 7) is 0. The lowest BCUT2D eigenvalue weighted by atomic mass is 10.1. The zero-order chi connectivity index (χ0) is 19.6. The van der Waals surface area contributed by atoms with Crippen molar-refractivity contribution in [2.24, 2.45) is 0 Å². The fourth-order valence-electron chi connectivity index (χ4n) is 2.77. The Balaban J connectivity index is 2.17. The molecule has 7 nitrogen and oxygen atoms in total. The second kappa shape index (κ2) is 7.41. The molecule has 0 amide bonds.